The fourth-order valence-electron chi connectivity index (χ4n) is 2.77. The first-order chi connectivity index (χ1) is 13.6. The zero-order valence-electron chi connectivity index (χ0n) is 15.4. The SMILES string of the molecule is COc1ccc(CN2C(=O)NC(=O)[C@@H](C=NCCCn3ccnc3)C2=O)cc1. The normalized spacial score (nSPS) is 17.2. The Morgan fingerprint density at radius 1 is 1.25 bits per heavy atom. The number of carbonyl (C=O) groups is 3. The molecule has 146 valence electrons. The zero-order chi connectivity index (χ0) is 19.9. The summed E-state index contributed by atoms with van der Waals surface area (Å²) in [6.45, 7) is 1.26. The van der Waals surface area contributed by atoms with Crippen molar-refractivity contribution >= 4 is 24.1 Å². The van der Waals surface area contributed by atoms with Gasteiger partial charge in [-0.05, 0) is 24.1 Å². The van der Waals surface area contributed by atoms with Crippen LogP contribution in [0, 0.1) is 5.92 Å². The van der Waals surface area contributed by atoms with Gasteiger partial charge in [0.2, 0.25) is 11.8 Å². The van der Waals surface area contributed by atoms with Crippen LogP contribution < -0.4 is 10.1 Å². The van der Waals surface area contributed by atoms with Gasteiger partial charge in [-0.3, -0.25) is 24.8 Å². The van der Waals surface area contributed by atoms with E-state index in [4.69, 9.17) is 4.74 Å². The van der Waals surface area contributed by atoms with Crippen LogP contribution in [-0.2, 0) is 22.7 Å². The molecule has 0 bridgehead atoms. The predicted molar refractivity (Wildman–Crippen MR) is 101 cm³/mol. The topological polar surface area (TPSA) is 106 Å². The number of nitrogens with zero attached hydrogens (tertiary/aromatic N) is 4. The molecule has 1 saturated heterocycles. The molecule has 0 spiro atoms. The molecule has 9 nitrogen and oxygen atoms in total. The molecule has 0 radical (unpaired) electrons. The maximum atomic E-state index is 12.6. The summed E-state index contributed by atoms with van der Waals surface area (Å²) >= 11 is 0. The van der Waals surface area contributed by atoms with Crippen molar-refractivity contribution in [3.63, 3.8) is 0 Å². The maximum absolute atomic E-state index is 12.6. The summed E-state index contributed by atoms with van der Waals surface area (Å²) in [7, 11) is 1.56. The van der Waals surface area contributed by atoms with Crippen LogP contribution in [-0.4, -0.2) is 52.2 Å². The van der Waals surface area contributed by atoms with E-state index in [0.29, 0.717) is 12.3 Å². The van der Waals surface area contributed by atoms with E-state index in [1.807, 2.05) is 10.8 Å². The van der Waals surface area contributed by atoms with Crippen molar-refractivity contribution in [2.24, 2.45) is 10.9 Å². The number of urea groups is 1. The molecule has 1 atom stereocenters. The molecule has 0 aliphatic carbocycles. The minimum absolute atomic E-state index is 0.0624. The van der Waals surface area contributed by atoms with Crippen LogP contribution in [0.1, 0.15) is 12.0 Å². The second-order valence-corrected chi connectivity index (χ2v) is 6.25. The Morgan fingerprint density at radius 3 is 2.71 bits per heavy atom. The standard InChI is InChI=1S/C19H21N5O4/c1-28-15-5-3-14(4-6-15)12-24-18(26)16(17(25)22-19(24)27)11-20-7-2-9-23-10-8-21-13-23/h3-6,8,10-11,13,16H,2,7,9,12H2,1H3,(H,22,25,27)/t16-/m1/s1. The van der Waals surface area contributed by atoms with Gasteiger partial charge in [-0.1, -0.05) is 12.1 Å². The Morgan fingerprint density at radius 2 is 2.04 bits per heavy atom. The first-order valence-corrected chi connectivity index (χ1v) is 8.83. The van der Waals surface area contributed by atoms with Crippen LogP contribution in [0.3, 0.4) is 0 Å². The summed E-state index contributed by atoms with van der Waals surface area (Å²) in [5.74, 6) is -1.67. The number of hydrogen-bond acceptors (Lipinski definition) is 6. The zero-order valence-corrected chi connectivity index (χ0v) is 15.4. The average molecular weight is 383 g/mol. The van der Waals surface area contributed by atoms with Gasteiger partial charge < -0.3 is 9.30 Å². The second kappa shape index (κ2) is 8.94. The monoisotopic (exact) mass is 383 g/mol. The van der Waals surface area contributed by atoms with E-state index in [0.717, 1.165) is 23.4 Å². The van der Waals surface area contributed by atoms with E-state index in [2.05, 4.69) is 15.3 Å². The lowest BCUT2D eigenvalue weighted by Gasteiger charge is -2.28. The number of aliphatic imine (C=N–C) groups is 1. The largest absolute Gasteiger partial charge is 0.497 e. The highest BCUT2D eigenvalue weighted by Gasteiger charge is 2.39. The Kier molecular flexibility index (Phi) is 6.15. The van der Waals surface area contributed by atoms with Crippen LogP contribution in [0.4, 0.5) is 4.79 Å². The molecule has 1 aromatic heterocycles. The quantitative estimate of drug-likeness (QED) is 0.419. The molecule has 1 aromatic carbocycles. The Hall–Kier alpha value is -3.49. The number of aromatic nitrogens is 2. The number of ether oxygens (including phenoxy) is 1. The van der Waals surface area contributed by atoms with Gasteiger partial charge in [-0.2, -0.15) is 0 Å². The second-order valence-electron chi connectivity index (χ2n) is 6.25. The van der Waals surface area contributed by atoms with Crippen LogP contribution in [0.5, 0.6) is 5.75 Å². The summed E-state index contributed by atoms with van der Waals surface area (Å²) in [6.07, 6.45) is 7.32. The van der Waals surface area contributed by atoms with Crippen molar-refractivity contribution in [1.29, 1.82) is 0 Å². The van der Waals surface area contributed by atoms with Gasteiger partial charge in [-0.15, -0.1) is 0 Å². The van der Waals surface area contributed by atoms with Gasteiger partial charge in [0.1, 0.15) is 5.75 Å². The van der Waals surface area contributed by atoms with Crippen molar-refractivity contribution < 1.29 is 19.1 Å². The number of amides is 4. The molecule has 1 fully saturated rings. The molecule has 1 aliphatic heterocycles. The summed E-state index contributed by atoms with van der Waals surface area (Å²) in [5, 5.41) is 2.21. The van der Waals surface area contributed by atoms with E-state index in [1.54, 1.807) is 43.9 Å². The van der Waals surface area contributed by atoms with Gasteiger partial charge in [-0.25, -0.2) is 9.78 Å². The summed E-state index contributed by atoms with van der Waals surface area (Å²) < 4.78 is 7.01. The molecular formula is C19H21N5O4. The highest BCUT2D eigenvalue weighted by atomic mass is 16.5. The third kappa shape index (κ3) is 4.61. The molecule has 1 aliphatic rings. The Bertz CT molecular complexity index is 861. The van der Waals surface area contributed by atoms with Crippen molar-refractivity contribution in [2.45, 2.75) is 19.5 Å². The van der Waals surface area contributed by atoms with Crippen LogP contribution >= 0.6 is 0 Å². The highest BCUT2D eigenvalue weighted by molar-refractivity contribution is 6.23. The van der Waals surface area contributed by atoms with Gasteiger partial charge in [0.25, 0.3) is 0 Å². The molecule has 2 aromatic rings. The number of rotatable bonds is 8. The van der Waals surface area contributed by atoms with E-state index >= 15 is 0 Å². The molecule has 28 heavy (non-hydrogen) atoms. The number of aryl methyl sites for hydroxylation is 1. The van der Waals surface area contributed by atoms with Gasteiger partial charge >= 0.3 is 6.03 Å². The van der Waals surface area contributed by atoms with Gasteiger partial charge in [0.15, 0.2) is 5.92 Å². The first kappa shape index (κ1) is 19.3. The highest BCUT2D eigenvalue weighted by Crippen LogP contribution is 2.16. The van der Waals surface area contributed by atoms with Crippen molar-refractivity contribution in [3.05, 3.63) is 48.5 Å². The predicted octanol–water partition coefficient (Wildman–Crippen LogP) is 1.25. The van der Waals surface area contributed by atoms with Crippen molar-refractivity contribution in [1.82, 2.24) is 19.8 Å². The summed E-state index contributed by atoms with van der Waals surface area (Å²) in [4.78, 5) is 45.9. The number of nitrogens with one attached hydrogen (secondary N) is 1. The minimum atomic E-state index is -1.11. The van der Waals surface area contributed by atoms with E-state index < -0.39 is 23.8 Å². The average Bonchev–Trinajstić information content (AvgIpc) is 3.21. The maximum Gasteiger partial charge on any atom is 0.331 e. The van der Waals surface area contributed by atoms with E-state index in [1.165, 1.54) is 6.21 Å². The number of imidazole rings is 1. The molecule has 2 heterocycles. The Balaban J connectivity index is 1.59. The van der Waals surface area contributed by atoms with E-state index in [9.17, 15) is 14.4 Å². The molecule has 9 heteroatoms. The molecule has 0 unspecified atom stereocenters. The smallest absolute Gasteiger partial charge is 0.331 e. The molecule has 0 saturated carbocycles. The number of methoxy groups -OCH3 is 1. The Labute approximate surface area is 162 Å². The third-order valence-corrected chi connectivity index (χ3v) is 4.31. The molecule has 3 rings (SSSR count). The number of benzene rings is 1. The molecule has 1 N–H and O–H groups in total. The minimum Gasteiger partial charge on any atom is -0.497 e. The van der Waals surface area contributed by atoms with Crippen LogP contribution in [0.15, 0.2) is 48.0 Å². The third-order valence-electron chi connectivity index (χ3n) is 4.31. The lowest BCUT2D eigenvalue weighted by Crippen LogP contribution is -2.57. The van der Waals surface area contributed by atoms with Crippen LogP contribution in [0.2, 0.25) is 0 Å². The number of imide groups is 2. The fourth-order valence-corrected chi connectivity index (χ4v) is 2.77. The lowest BCUT2D eigenvalue weighted by atomic mass is 10.1. The van der Waals surface area contributed by atoms with Gasteiger partial charge in [0, 0.05) is 31.7 Å². The van der Waals surface area contributed by atoms with Crippen molar-refractivity contribution in [3.8, 4) is 5.75 Å². The van der Waals surface area contributed by atoms with Crippen LogP contribution in [0.25, 0.3) is 0 Å². The summed E-state index contributed by atoms with van der Waals surface area (Å²) in [6, 6.07) is 6.28. The summed E-state index contributed by atoms with van der Waals surface area (Å²) in [5.41, 5.74) is 0.745. The van der Waals surface area contributed by atoms with Gasteiger partial charge in [0.05, 0.1) is 20.0 Å². The number of barbiturate groups is 1. The lowest BCUT2D eigenvalue weighted by molar-refractivity contribution is -0.139. The number of hydrogen-bond donors (Lipinski definition) is 1. The molecule has 4 amide bonds. The first-order valence-electron chi connectivity index (χ1n) is 8.83. The fraction of sp³-hybridized carbons (Fsp3) is 0.316. The number of carbonyl (C=O) groups excluding carboxylic acids is 3. The van der Waals surface area contributed by atoms with E-state index in [-0.39, 0.29) is 6.54 Å². The molecular weight excluding hydrogens is 362 g/mol. The van der Waals surface area contributed by atoms with Crippen molar-refractivity contribution in [2.75, 3.05) is 13.7 Å².